The zero-order valence-corrected chi connectivity index (χ0v) is 49.7. The molecule has 14 rings (SSSR count). The number of nitrogens with one attached hydrogen (secondary N) is 7. The lowest BCUT2D eigenvalue weighted by atomic mass is 9.85. The zero-order chi connectivity index (χ0) is 58.6. The van der Waals surface area contributed by atoms with Gasteiger partial charge in [-0.05, 0) is 134 Å². The van der Waals surface area contributed by atoms with Gasteiger partial charge in [0.25, 0.3) is 5.91 Å². The number of aromatic nitrogens is 13. The highest BCUT2D eigenvalue weighted by molar-refractivity contribution is 7.99. The molecule has 0 spiro atoms. The number of methoxy groups -OCH3 is 1. The minimum Gasteiger partial charge on any atom is -0.381 e. The zero-order valence-electron chi connectivity index (χ0n) is 47.2. The minimum absolute atomic E-state index is 0.0205. The number of benzene rings is 4. The van der Waals surface area contributed by atoms with Gasteiger partial charge in [0.15, 0.2) is 16.9 Å². The van der Waals surface area contributed by atoms with Crippen molar-refractivity contribution in [3.05, 3.63) is 163 Å². The highest BCUT2D eigenvalue weighted by Gasteiger charge is 2.39. The molecule has 3 amide bonds. The Labute approximate surface area is 508 Å². The van der Waals surface area contributed by atoms with Gasteiger partial charge in [-0.15, -0.1) is 35.3 Å². The number of thioether (sulfide) groups is 3. The van der Waals surface area contributed by atoms with Crippen LogP contribution in [0, 0.1) is 23.7 Å². The molecule has 23 heteroatoms. The number of carbonyl (C=O) groups is 3. The fourth-order valence-electron chi connectivity index (χ4n) is 11.8. The Kier molecular flexibility index (Phi) is 18.6. The monoisotopic (exact) mass is 1200 g/mol. The Morgan fingerprint density at radius 1 is 0.570 bits per heavy atom. The van der Waals surface area contributed by atoms with Gasteiger partial charge < -0.3 is 25.7 Å². The van der Waals surface area contributed by atoms with E-state index in [9.17, 15) is 14.4 Å². The Hall–Kier alpha value is -8.51. The summed E-state index contributed by atoms with van der Waals surface area (Å²) in [5, 5.41) is 36.1. The molecule has 0 aliphatic heterocycles. The van der Waals surface area contributed by atoms with Crippen molar-refractivity contribution < 1.29 is 19.1 Å². The molecule has 3 aliphatic carbocycles. The van der Waals surface area contributed by atoms with Gasteiger partial charge in [-0.25, -0.2) is 29.9 Å². The van der Waals surface area contributed by atoms with Gasteiger partial charge in [-0.3, -0.25) is 29.7 Å². The summed E-state index contributed by atoms with van der Waals surface area (Å²) in [5.41, 5.74) is 9.62. The van der Waals surface area contributed by atoms with Crippen LogP contribution in [0.15, 0.2) is 156 Å². The molecule has 5 atom stereocenters. The van der Waals surface area contributed by atoms with Crippen LogP contribution in [0.1, 0.15) is 91.3 Å². The van der Waals surface area contributed by atoms with Gasteiger partial charge in [0.1, 0.15) is 34.1 Å². The van der Waals surface area contributed by atoms with E-state index in [4.69, 9.17) is 4.74 Å². The lowest BCUT2D eigenvalue weighted by Gasteiger charge is -2.27. The van der Waals surface area contributed by atoms with Crippen molar-refractivity contribution in [2.75, 3.05) is 23.1 Å². The first-order valence-corrected chi connectivity index (χ1v) is 31.8. The number of aromatic amines is 4. The van der Waals surface area contributed by atoms with Crippen LogP contribution >= 0.6 is 35.3 Å². The van der Waals surface area contributed by atoms with Gasteiger partial charge in [0.05, 0.1) is 40.9 Å². The molecule has 20 nitrogen and oxygen atoms in total. The predicted octanol–water partition coefficient (Wildman–Crippen LogP) is 13.0. The molecular weight excluding hydrogens is 1140 g/mol. The average molecular weight is 1210 g/mol. The van der Waals surface area contributed by atoms with Crippen LogP contribution in [0.3, 0.4) is 0 Å². The molecular formula is C63H64N16O4S3. The molecule has 2 bridgehead atoms. The molecule has 11 aromatic rings. The van der Waals surface area contributed by atoms with Crippen molar-refractivity contribution in [2.24, 2.45) is 23.7 Å². The maximum absolute atomic E-state index is 12.8. The van der Waals surface area contributed by atoms with Crippen molar-refractivity contribution in [2.45, 2.75) is 103 Å². The lowest BCUT2D eigenvalue weighted by molar-refractivity contribution is -0.122. The third-order valence-corrected chi connectivity index (χ3v) is 19.4. The number of carbonyl (C=O) groups excluding carboxylic acids is 3. The Morgan fingerprint density at radius 2 is 1.12 bits per heavy atom. The summed E-state index contributed by atoms with van der Waals surface area (Å²) < 4.78 is 5.44. The fourth-order valence-corrected chi connectivity index (χ4v) is 14.6. The van der Waals surface area contributed by atoms with Crippen LogP contribution in [-0.4, -0.2) is 96.4 Å². The van der Waals surface area contributed by atoms with Crippen LogP contribution < -0.4 is 16.0 Å². The van der Waals surface area contributed by atoms with E-state index < -0.39 is 0 Å². The van der Waals surface area contributed by atoms with Crippen LogP contribution in [0.2, 0.25) is 0 Å². The van der Waals surface area contributed by atoms with E-state index in [1.807, 2.05) is 85.1 Å². The Morgan fingerprint density at radius 3 is 1.65 bits per heavy atom. The summed E-state index contributed by atoms with van der Waals surface area (Å²) >= 11 is 4.88. The van der Waals surface area contributed by atoms with Gasteiger partial charge in [-0.1, -0.05) is 55.3 Å². The predicted molar refractivity (Wildman–Crippen MR) is 337 cm³/mol. The summed E-state index contributed by atoms with van der Waals surface area (Å²) in [6.45, 7) is 0. The van der Waals surface area contributed by atoms with Crippen molar-refractivity contribution in [3.63, 3.8) is 0 Å². The average Bonchev–Trinajstić information content (AvgIpc) is 4.22. The molecule has 3 aliphatic rings. The number of nitrogens with zero attached hydrogens (tertiary/aromatic N) is 9. The molecule has 7 N–H and O–H groups in total. The normalized spacial score (nSPS) is 17.9. The van der Waals surface area contributed by atoms with Gasteiger partial charge >= 0.3 is 0 Å². The fraction of sp³-hybridized carbons (Fsp3) is 0.302. The van der Waals surface area contributed by atoms with Crippen molar-refractivity contribution in [3.8, 4) is 0 Å². The summed E-state index contributed by atoms with van der Waals surface area (Å²) in [7, 11) is 1.72. The third kappa shape index (κ3) is 14.4. The smallest absolute Gasteiger partial charge is 0.256 e. The molecule has 3 saturated carbocycles. The summed E-state index contributed by atoms with van der Waals surface area (Å²) in [4.78, 5) is 66.5. The van der Waals surface area contributed by atoms with Crippen LogP contribution in [0.25, 0.3) is 44.0 Å². The molecule has 0 radical (unpaired) electrons. The maximum atomic E-state index is 12.8. The third-order valence-electron chi connectivity index (χ3n) is 16.1. The molecule has 3 unspecified atom stereocenters. The molecule has 438 valence electrons. The summed E-state index contributed by atoms with van der Waals surface area (Å²) in [6.07, 6.45) is 22.9. The number of fused-ring (bicyclic) bond motifs is 6. The molecule has 0 saturated heterocycles. The van der Waals surface area contributed by atoms with Gasteiger partial charge in [0, 0.05) is 76.4 Å². The highest BCUT2D eigenvalue weighted by atomic mass is 32.2. The first kappa shape index (κ1) is 57.9. The second kappa shape index (κ2) is 27.7. The van der Waals surface area contributed by atoms with Crippen LogP contribution in [-0.2, 0) is 31.6 Å². The van der Waals surface area contributed by atoms with Gasteiger partial charge in [0.2, 0.25) is 11.8 Å². The standard InChI is InChI=1S/C22H25N5OS.C21H16N6OS.C20H23N5O2S/c28-20(7-6-17-9-14-4-5-16(17)8-14)26-18-3-1-2-15(10-18)12-29-22-19-11-25-27-21(19)23-13-24-22;28-20(16-5-2-6-18-15(16)7-8-22-18)26-14-4-1-3-13(9-14)11-29-21-17-10-25-27-19(17)23-12-24-21;1-27-16-7-3-5-14(9-16)19(26)24-15-6-2-4-13(8-15)11-28-20-17-10-23-25-18(17)21-12-22-20/h1-3,10-11,13-14,16-17H,4-9,12H2,(H,26,28)(H,23,24,25,27);1-10,12,22H,11H2,(H,26,28)(H,23,24,25,27);2,4,6,8,10,12,14,16H,3,5,7,9,11H2,1H3,(H,24,26)(H,21,22,23,25)/t14-,16-,17?;;/m0../s1. The maximum Gasteiger partial charge on any atom is 0.256 e. The summed E-state index contributed by atoms with van der Waals surface area (Å²) in [6, 6.07) is 31.5. The van der Waals surface area contributed by atoms with E-state index >= 15 is 0 Å². The first-order chi connectivity index (χ1) is 42.2. The van der Waals surface area contributed by atoms with E-state index in [0.717, 1.165) is 154 Å². The van der Waals surface area contributed by atoms with Crippen molar-refractivity contribution in [1.82, 2.24) is 65.5 Å². The SMILES string of the molecule is COC1CCCC(C(=O)Nc2cccc(CSc3ncnc4[nH]ncc34)c2)C1.O=C(CCC1C[C@H]2CC[C@H]1C2)Nc1cccc(CSc2ncnc3[nH]ncc23)c1.O=C(Nc1cccc(CSc2ncnc3[nH]ncc23)c1)c1cccc2[nH]ccc12. The number of amides is 3. The largest absolute Gasteiger partial charge is 0.381 e. The Bertz CT molecular complexity index is 4130. The number of ether oxygens (including phenoxy) is 1. The lowest BCUT2D eigenvalue weighted by Crippen LogP contribution is -2.31. The molecule has 7 heterocycles. The number of rotatable bonds is 18. The highest BCUT2D eigenvalue weighted by Crippen LogP contribution is 2.50. The van der Waals surface area contributed by atoms with E-state index in [1.54, 1.807) is 67.3 Å². The number of H-pyrrole nitrogens is 4. The van der Waals surface area contributed by atoms with Crippen LogP contribution in [0.5, 0.6) is 0 Å². The second-order valence-corrected chi connectivity index (χ2v) is 24.7. The minimum atomic E-state index is -0.129. The summed E-state index contributed by atoms with van der Waals surface area (Å²) in [5.74, 6) is 4.95. The van der Waals surface area contributed by atoms with Gasteiger partial charge in [-0.2, -0.15) is 15.3 Å². The molecule has 3 fully saturated rings. The quantitative estimate of drug-likeness (QED) is 0.0311. The molecule has 86 heavy (non-hydrogen) atoms. The second-order valence-electron chi connectivity index (χ2n) is 21.8. The van der Waals surface area contributed by atoms with Crippen molar-refractivity contribution in [1.29, 1.82) is 0 Å². The van der Waals surface area contributed by atoms with E-state index in [2.05, 4.69) is 99.6 Å². The van der Waals surface area contributed by atoms with Crippen LogP contribution in [0.4, 0.5) is 17.1 Å². The number of hydrogen-bond acceptors (Lipinski definition) is 16. The first-order valence-electron chi connectivity index (χ1n) is 28.8. The number of anilines is 3. The Balaban J connectivity index is 0.000000126. The topological polar surface area (TPSA) is 276 Å². The van der Waals surface area contributed by atoms with E-state index in [-0.39, 0.29) is 29.7 Å². The van der Waals surface area contributed by atoms with Crippen molar-refractivity contribution >= 4 is 114 Å². The number of hydrogen-bond donors (Lipinski definition) is 7. The molecule has 7 aromatic heterocycles. The van der Waals surface area contributed by atoms with E-state index in [1.165, 1.54) is 38.3 Å². The molecule has 4 aromatic carbocycles. The van der Waals surface area contributed by atoms with E-state index in [0.29, 0.717) is 17.7 Å².